The molecule has 1 heterocycles. The van der Waals surface area contributed by atoms with Crippen LogP contribution in [-0.2, 0) is 24.8 Å². The Morgan fingerprint density at radius 3 is 2.12 bits per heavy atom. The molecule has 0 amide bonds. The number of benzene rings is 2. The molecule has 0 bridgehead atoms. The summed E-state index contributed by atoms with van der Waals surface area (Å²) in [5.41, 5.74) is 3.18. The quantitative estimate of drug-likeness (QED) is 0.715. The molecule has 2 aromatic carbocycles. The van der Waals surface area contributed by atoms with E-state index in [4.69, 9.17) is 14.2 Å². The predicted octanol–water partition coefficient (Wildman–Crippen LogP) is 4.27. The molecule has 1 fully saturated rings. The minimum Gasteiger partial charge on any atom is -0.469 e. The number of halogens is 1. The zero-order valence-electron chi connectivity index (χ0n) is 13.5. The Labute approximate surface area is 149 Å². The molecule has 1 aliphatic heterocycles. The lowest BCUT2D eigenvalue weighted by Crippen LogP contribution is -2.28. The molecule has 126 valence electrons. The van der Waals surface area contributed by atoms with Crippen LogP contribution in [0.25, 0.3) is 11.1 Å². The van der Waals surface area contributed by atoms with Crippen LogP contribution in [0.15, 0.2) is 53.0 Å². The Bertz CT molecular complexity index is 688. The van der Waals surface area contributed by atoms with Crippen molar-refractivity contribution in [3.05, 3.63) is 58.6 Å². The van der Waals surface area contributed by atoms with Crippen LogP contribution in [0.4, 0.5) is 0 Å². The monoisotopic (exact) mass is 390 g/mol. The van der Waals surface area contributed by atoms with Crippen LogP contribution in [0.3, 0.4) is 0 Å². The molecule has 2 aromatic rings. The molecule has 24 heavy (non-hydrogen) atoms. The summed E-state index contributed by atoms with van der Waals surface area (Å²) in [6.45, 7) is 1.05. The Morgan fingerprint density at radius 1 is 1.04 bits per heavy atom. The molecule has 5 heteroatoms. The highest BCUT2D eigenvalue weighted by Crippen LogP contribution is 2.37. The molecule has 0 aliphatic carbocycles. The molecule has 0 atom stereocenters. The maximum absolute atomic E-state index is 11.5. The Morgan fingerprint density at radius 2 is 1.58 bits per heavy atom. The lowest BCUT2D eigenvalue weighted by atomic mass is 9.97. The van der Waals surface area contributed by atoms with Crippen LogP contribution >= 0.6 is 15.9 Å². The van der Waals surface area contributed by atoms with Gasteiger partial charge < -0.3 is 14.2 Å². The van der Waals surface area contributed by atoms with Gasteiger partial charge in [0.15, 0.2) is 5.79 Å². The van der Waals surface area contributed by atoms with Gasteiger partial charge in [0.05, 0.1) is 26.7 Å². The lowest BCUT2D eigenvalue weighted by Gasteiger charge is -2.27. The van der Waals surface area contributed by atoms with Crippen molar-refractivity contribution in [2.45, 2.75) is 18.6 Å². The molecule has 4 nitrogen and oxygen atoms in total. The van der Waals surface area contributed by atoms with Gasteiger partial charge in [0, 0.05) is 16.5 Å². The lowest BCUT2D eigenvalue weighted by molar-refractivity contribution is -0.177. The number of rotatable bonds is 5. The molecule has 1 aliphatic rings. The van der Waals surface area contributed by atoms with Crippen molar-refractivity contribution in [1.29, 1.82) is 0 Å². The van der Waals surface area contributed by atoms with Gasteiger partial charge in [0.2, 0.25) is 0 Å². The van der Waals surface area contributed by atoms with E-state index in [2.05, 4.69) is 28.1 Å². The highest BCUT2D eigenvalue weighted by Gasteiger charge is 2.38. The summed E-state index contributed by atoms with van der Waals surface area (Å²) in [6.07, 6.45) is 0.697. The second-order valence-electron chi connectivity index (χ2n) is 5.61. The smallest absolute Gasteiger partial charge is 0.305 e. The SMILES string of the molecule is COC(=O)CCC1(c2ccc(-c3ccc(Br)cc3)cc2)OCCO1. The Kier molecular flexibility index (Phi) is 5.33. The molecule has 1 saturated heterocycles. The van der Waals surface area contributed by atoms with E-state index < -0.39 is 5.79 Å². The van der Waals surface area contributed by atoms with Crippen molar-refractivity contribution in [2.75, 3.05) is 20.3 Å². The number of carbonyl (C=O) groups is 1. The molecule has 0 aromatic heterocycles. The van der Waals surface area contributed by atoms with Gasteiger partial charge in [-0.15, -0.1) is 0 Å². The first-order valence-corrected chi connectivity index (χ1v) is 8.63. The molecule has 0 unspecified atom stereocenters. The van der Waals surface area contributed by atoms with Crippen LogP contribution < -0.4 is 0 Å². The number of hydrogen-bond acceptors (Lipinski definition) is 4. The van der Waals surface area contributed by atoms with Crippen molar-refractivity contribution in [3.8, 4) is 11.1 Å². The molecule has 0 radical (unpaired) electrons. The van der Waals surface area contributed by atoms with Gasteiger partial charge in [0.25, 0.3) is 0 Å². The number of ether oxygens (including phenoxy) is 3. The van der Waals surface area contributed by atoms with Gasteiger partial charge in [-0.05, 0) is 23.3 Å². The van der Waals surface area contributed by atoms with Gasteiger partial charge >= 0.3 is 5.97 Å². The molecule has 0 spiro atoms. The first kappa shape index (κ1) is 17.1. The summed E-state index contributed by atoms with van der Waals surface area (Å²) in [5.74, 6) is -1.12. The molecular formula is C19H19BrO4. The van der Waals surface area contributed by atoms with E-state index in [9.17, 15) is 4.79 Å². The van der Waals surface area contributed by atoms with Crippen molar-refractivity contribution in [3.63, 3.8) is 0 Å². The van der Waals surface area contributed by atoms with E-state index in [-0.39, 0.29) is 12.4 Å². The highest BCUT2D eigenvalue weighted by atomic mass is 79.9. The predicted molar refractivity (Wildman–Crippen MR) is 94.4 cm³/mol. The van der Waals surface area contributed by atoms with Crippen molar-refractivity contribution in [1.82, 2.24) is 0 Å². The summed E-state index contributed by atoms with van der Waals surface area (Å²) in [6, 6.07) is 16.3. The molecule has 0 N–H and O–H groups in total. The summed E-state index contributed by atoms with van der Waals surface area (Å²) in [7, 11) is 1.39. The summed E-state index contributed by atoms with van der Waals surface area (Å²) in [4.78, 5) is 11.5. The minimum atomic E-state index is -0.855. The van der Waals surface area contributed by atoms with E-state index >= 15 is 0 Å². The number of esters is 1. The van der Waals surface area contributed by atoms with Crippen LogP contribution in [-0.4, -0.2) is 26.3 Å². The number of carbonyl (C=O) groups excluding carboxylic acids is 1. The van der Waals surface area contributed by atoms with Crippen LogP contribution in [0.5, 0.6) is 0 Å². The largest absolute Gasteiger partial charge is 0.469 e. The fourth-order valence-electron chi connectivity index (χ4n) is 2.84. The van der Waals surface area contributed by atoms with Crippen molar-refractivity contribution in [2.24, 2.45) is 0 Å². The summed E-state index contributed by atoms with van der Waals surface area (Å²) in [5, 5.41) is 0. The zero-order valence-corrected chi connectivity index (χ0v) is 15.0. The van der Waals surface area contributed by atoms with E-state index in [1.54, 1.807) is 0 Å². The zero-order chi connectivity index (χ0) is 17.0. The van der Waals surface area contributed by atoms with Gasteiger partial charge in [-0.2, -0.15) is 0 Å². The molecular weight excluding hydrogens is 372 g/mol. The highest BCUT2D eigenvalue weighted by molar-refractivity contribution is 9.10. The third-order valence-corrected chi connectivity index (χ3v) is 4.67. The van der Waals surface area contributed by atoms with E-state index in [1.165, 1.54) is 7.11 Å². The molecule has 0 saturated carbocycles. The van der Waals surface area contributed by atoms with Gasteiger partial charge in [-0.25, -0.2) is 0 Å². The third kappa shape index (κ3) is 3.69. The maximum Gasteiger partial charge on any atom is 0.305 e. The summed E-state index contributed by atoms with van der Waals surface area (Å²) < 4.78 is 17.5. The number of methoxy groups -OCH3 is 1. The maximum atomic E-state index is 11.5. The van der Waals surface area contributed by atoms with E-state index in [1.807, 2.05) is 36.4 Å². The van der Waals surface area contributed by atoms with Crippen molar-refractivity contribution >= 4 is 21.9 Å². The fraction of sp³-hybridized carbons (Fsp3) is 0.316. The Hall–Kier alpha value is -1.69. The van der Waals surface area contributed by atoms with E-state index in [0.29, 0.717) is 19.6 Å². The second-order valence-corrected chi connectivity index (χ2v) is 6.53. The van der Waals surface area contributed by atoms with Gasteiger partial charge in [-0.3, -0.25) is 4.79 Å². The first-order chi connectivity index (χ1) is 11.6. The topological polar surface area (TPSA) is 44.8 Å². The summed E-state index contributed by atoms with van der Waals surface area (Å²) >= 11 is 3.45. The van der Waals surface area contributed by atoms with Crippen LogP contribution in [0, 0.1) is 0 Å². The van der Waals surface area contributed by atoms with Crippen LogP contribution in [0.2, 0.25) is 0 Å². The second kappa shape index (κ2) is 7.47. The normalized spacial score (nSPS) is 16.1. The first-order valence-electron chi connectivity index (χ1n) is 7.84. The van der Waals surface area contributed by atoms with Gasteiger partial charge in [-0.1, -0.05) is 52.3 Å². The molecule has 3 rings (SSSR count). The minimum absolute atomic E-state index is 0.255. The van der Waals surface area contributed by atoms with Crippen molar-refractivity contribution < 1.29 is 19.0 Å². The van der Waals surface area contributed by atoms with Crippen LogP contribution in [0.1, 0.15) is 18.4 Å². The number of hydrogen-bond donors (Lipinski definition) is 0. The van der Waals surface area contributed by atoms with E-state index in [0.717, 1.165) is 21.2 Å². The Balaban J connectivity index is 1.81. The fourth-order valence-corrected chi connectivity index (χ4v) is 3.10. The average Bonchev–Trinajstić information content (AvgIpc) is 3.11. The van der Waals surface area contributed by atoms with Gasteiger partial charge in [0.1, 0.15) is 0 Å². The standard InChI is InChI=1S/C19H19BrO4/c1-22-18(21)10-11-19(23-12-13-24-19)16-6-2-14(3-7-16)15-4-8-17(20)9-5-15/h2-9H,10-13H2,1H3. The average molecular weight is 391 g/mol. The third-order valence-electron chi connectivity index (χ3n) is 4.14.